The third kappa shape index (κ3) is 1.95. The molecule has 4 heteroatoms. The SMILES string of the molecule is CCCC(OC)N1COCC1=O. The Hall–Kier alpha value is -0.610. The molecule has 1 rings (SSSR count). The van der Waals surface area contributed by atoms with E-state index in [1.54, 1.807) is 12.0 Å². The van der Waals surface area contributed by atoms with E-state index in [4.69, 9.17) is 9.47 Å². The first kappa shape index (κ1) is 9.48. The highest BCUT2D eigenvalue weighted by molar-refractivity contribution is 5.78. The van der Waals surface area contributed by atoms with Crippen LogP contribution in [0.3, 0.4) is 0 Å². The van der Waals surface area contributed by atoms with E-state index in [-0.39, 0.29) is 18.7 Å². The van der Waals surface area contributed by atoms with Gasteiger partial charge in [0.25, 0.3) is 5.91 Å². The summed E-state index contributed by atoms with van der Waals surface area (Å²) in [5.74, 6) is 0.0234. The molecule has 1 unspecified atom stereocenters. The second-order valence-electron chi connectivity index (χ2n) is 2.82. The first-order valence-electron chi connectivity index (χ1n) is 4.19. The first-order valence-corrected chi connectivity index (χ1v) is 4.19. The fourth-order valence-electron chi connectivity index (χ4n) is 1.28. The molecule has 12 heavy (non-hydrogen) atoms. The lowest BCUT2D eigenvalue weighted by atomic mass is 10.3. The van der Waals surface area contributed by atoms with E-state index >= 15 is 0 Å². The predicted molar refractivity (Wildman–Crippen MR) is 43.4 cm³/mol. The molecule has 1 saturated heterocycles. The second-order valence-corrected chi connectivity index (χ2v) is 2.82. The molecule has 1 aliphatic heterocycles. The molecule has 0 aliphatic carbocycles. The number of methoxy groups -OCH3 is 1. The van der Waals surface area contributed by atoms with E-state index in [2.05, 4.69) is 6.92 Å². The number of rotatable bonds is 4. The average Bonchev–Trinajstić information content (AvgIpc) is 2.47. The highest BCUT2D eigenvalue weighted by Crippen LogP contribution is 2.12. The van der Waals surface area contributed by atoms with Gasteiger partial charge in [0, 0.05) is 7.11 Å². The molecular formula is C8H15NO3. The molecule has 1 atom stereocenters. The fraction of sp³-hybridized carbons (Fsp3) is 0.875. The quantitative estimate of drug-likeness (QED) is 0.624. The van der Waals surface area contributed by atoms with E-state index in [1.807, 2.05) is 0 Å². The van der Waals surface area contributed by atoms with Gasteiger partial charge in [-0.1, -0.05) is 13.3 Å². The number of hydrogen-bond donors (Lipinski definition) is 0. The molecule has 1 aliphatic rings. The van der Waals surface area contributed by atoms with Gasteiger partial charge in [-0.2, -0.15) is 0 Å². The van der Waals surface area contributed by atoms with E-state index in [0.717, 1.165) is 12.8 Å². The summed E-state index contributed by atoms with van der Waals surface area (Å²) in [6, 6.07) is 0. The number of carbonyl (C=O) groups excluding carboxylic acids is 1. The van der Waals surface area contributed by atoms with Crippen LogP contribution in [-0.2, 0) is 14.3 Å². The summed E-state index contributed by atoms with van der Waals surface area (Å²) in [5.41, 5.74) is 0. The molecule has 70 valence electrons. The molecule has 0 aromatic rings. The van der Waals surface area contributed by atoms with E-state index < -0.39 is 0 Å². The van der Waals surface area contributed by atoms with Crippen molar-refractivity contribution in [2.24, 2.45) is 0 Å². The van der Waals surface area contributed by atoms with Gasteiger partial charge in [0.2, 0.25) is 0 Å². The lowest BCUT2D eigenvalue weighted by Crippen LogP contribution is -2.38. The Kier molecular flexibility index (Phi) is 3.49. The van der Waals surface area contributed by atoms with E-state index in [9.17, 15) is 4.79 Å². The van der Waals surface area contributed by atoms with Crippen molar-refractivity contribution in [3.63, 3.8) is 0 Å². The van der Waals surface area contributed by atoms with Gasteiger partial charge in [0.15, 0.2) is 0 Å². The highest BCUT2D eigenvalue weighted by atomic mass is 16.5. The standard InChI is InChI=1S/C8H15NO3/c1-3-4-8(11-2)9-6-12-5-7(9)10/h8H,3-6H2,1-2H3. The van der Waals surface area contributed by atoms with Crippen molar-refractivity contribution in [3.05, 3.63) is 0 Å². The molecule has 4 nitrogen and oxygen atoms in total. The normalized spacial score (nSPS) is 20.2. The minimum Gasteiger partial charge on any atom is -0.361 e. The van der Waals surface area contributed by atoms with Crippen molar-refractivity contribution in [1.82, 2.24) is 4.90 Å². The molecule has 1 fully saturated rings. The first-order chi connectivity index (χ1) is 5.79. The Morgan fingerprint density at radius 1 is 1.75 bits per heavy atom. The number of carbonyl (C=O) groups is 1. The van der Waals surface area contributed by atoms with Gasteiger partial charge in [-0.3, -0.25) is 9.69 Å². The molecule has 0 N–H and O–H groups in total. The molecule has 1 heterocycles. The Morgan fingerprint density at radius 2 is 2.50 bits per heavy atom. The summed E-state index contributed by atoms with van der Waals surface area (Å²) in [4.78, 5) is 12.8. The van der Waals surface area contributed by atoms with Crippen molar-refractivity contribution in [3.8, 4) is 0 Å². The summed E-state index contributed by atoms with van der Waals surface area (Å²) in [6.45, 7) is 2.63. The summed E-state index contributed by atoms with van der Waals surface area (Å²) in [6.07, 6.45) is 1.76. The van der Waals surface area contributed by atoms with Gasteiger partial charge in [0.1, 0.15) is 19.6 Å². The van der Waals surface area contributed by atoms with Gasteiger partial charge in [-0.05, 0) is 6.42 Å². The molecule has 1 amide bonds. The number of amides is 1. The van der Waals surface area contributed by atoms with Gasteiger partial charge in [-0.25, -0.2) is 0 Å². The molecular weight excluding hydrogens is 158 g/mol. The summed E-state index contributed by atoms with van der Waals surface area (Å²) >= 11 is 0. The maximum absolute atomic E-state index is 11.2. The predicted octanol–water partition coefficient (Wildman–Crippen LogP) is 0.575. The third-order valence-electron chi connectivity index (χ3n) is 1.93. The van der Waals surface area contributed by atoms with Crippen LogP contribution in [0.25, 0.3) is 0 Å². The number of hydrogen-bond acceptors (Lipinski definition) is 3. The summed E-state index contributed by atoms with van der Waals surface area (Å²) in [7, 11) is 1.62. The zero-order valence-electron chi connectivity index (χ0n) is 7.58. The van der Waals surface area contributed by atoms with Crippen molar-refractivity contribution in [2.45, 2.75) is 26.0 Å². The zero-order valence-corrected chi connectivity index (χ0v) is 7.58. The molecule has 0 saturated carbocycles. The highest BCUT2D eigenvalue weighted by Gasteiger charge is 2.27. The van der Waals surface area contributed by atoms with Crippen LogP contribution in [0.2, 0.25) is 0 Å². The number of ether oxygens (including phenoxy) is 2. The van der Waals surface area contributed by atoms with E-state index in [1.165, 1.54) is 0 Å². The smallest absolute Gasteiger partial charge is 0.252 e. The monoisotopic (exact) mass is 173 g/mol. The molecule has 0 bridgehead atoms. The summed E-state index contributed by atoms with van der Waals surface area (Å²) in [5, 5.41) is 0. The molecule has 0 radical (unpaired) electrons. The van der Waals surface area contributed by atoms with Crippen molar-refractivity contribution >= 4 is 5.91 Å². The van der Waals surface area contributed by atoms with E-state index in [0.29, 0.717) is 6.73 Å². The third-order valence-corrected chi connectivity index (χ3v) is 1.93. The summed E-state index contributed by atoms with van der Waals surface area (Å²) < 4.78 is 10.2. The van der Waals surface area contributed by atoms with Crippen molar-refractivity contribution in [2.75, 3.05) is 20.4 Å². The Morgan fingerprint density at radius 3 is 2.92 bits per heavy atom. The lowest BCUT2D eigenvalue weighted by Gasteiger charge is -2.24. The van der Waals surface area contributed by atoms with Crippen LogP contribution in [0, 0.1) is 0 Å². The van der Waals surface area contributed by atoms with Crippen LogP contribution < -0.4 is 0 Å². The van der Waals surface area contributed by atoms with Crippen LogP contribution in [-0.4, -0.2) is 37.5 Å². The molecule has 0 spiro atoms. The van der Waals surface area contributed by atoms with Crippen LogP contribution >= 0.6 is 0 Å². The molecule has 0 aromatic heterocycles. The molecule has 0 aromatic carbocycles. The minimum absolute atomic E-state index is 0.0234. The van der Waals surface area contributed by atoms with Crippen LogP contribution in [0.4, 0.5) is 0 Å². The fourth-order valence-corrected chi connectivity index (χ4v) is 1.28. The zero-order chi connectivity index (χ0) is 8.97. The van der Waals surface area contributed by atoms with Crippen molar-refractivity contribution in [1.29, 1.82) is 0 Å². The maximum Gasteiger partial charge on any atom is 0.252 e. The Balaban J connectivity index is 2.46. The average molecular weight is 173 g/mol. The topological polar surface area (TPSA) is 38.8 Å². The van der Waals surface area contributed by atoms with Crippen molar-refractivity contribution < 1.29 is 14.3 Å². The largest absolute Gasteiger partial charge is 0.361 e. The van der Waals surface area contributed by atoms with Crippen LogP contribution in [0.5, 0.6) is 0 Å². The second kappa shape index (κ2) is 4.42. The van der Waals surface area contributed by atoms with Gasteiger partial charge in [-0.15, -0.1) is 0 Å². The minimum atomic E-state index is -0.106. The Labute approximate surface area is 72.4 Å². The maximum atomic E-state index is 11.2. The Bertz CT molecular complexity index is 160. The number of nitrogens with zero attached hydrogens (tertiary/aromatic N) is 1. The van der Waals surface area contributed by atoms with Gasteiger partial charge in [0.05, 0.1) is 0 Å². The van der Waals surface area contributed by atoms with Gasteiger partial charge >= 0.3 is 0 Å². The van der Waals surface area contributed by atoms with Crippen LogP contribution in [0.1, 0.15) is 19.8 Å². The lowest BCUT2D eigenvalue weighted by molar-refractivity contribution is -0.138. The van der Waals surface area contributed by atoms with Gasteiger partial charge < -0.3 is 9.47 Å². The van der Waals surface area contributed by atoms with Crippen LogP contribution in [0.15, 0.2) is 0 Å².